The molecular weight excluding hydrogens is 611 g/mol. The van der Waals surface area contributed by atoms with Crippen molar-refractivity contribution in [1.82, 2.24) is 29.5 Å². The van der Waals surface area contributed by atoms with Crippen molar-refractivity contribution in [1.29, 1.82) is 0 Å². The quantitative estimate of drug-likeness (QED) is 0.196. The van der Waals surface area contributed by atoms with E-state index in [1.54, 1.807) is 26.2 Å². The molecule has 1 aliphatic carbocycles. The molecular formula is C29H32F3N9O5. The highest BCUT2D eigenvalue weighted by Crippen LogP contribution is 2.35. The normalized spacial score (nSPS) is 19.5. The summed E-state index contributed by atoms with van der Waals surface area (Å²) in [6.45, 7) is 4.26. The third-order valence-electron chi connectivity index (χ3n) is 8.06. The van der Waals surface area contributed by atoms with Gasteiger partial charge in [0.05, 0.1) is 49.8 Å². The summed E-state index contributed by atoms with van der Waals surface area (Å²) >= 11 is 0. The molecule has 6 rings (SSSR count). The fourth-order valence-corrected chi connectivity index (χ4v) is 5.66. The molecule has 5 heterocycles. The van der Waals surface area contributed by atoms with E-state index in [1.807, 2.05) is 6.07 Å². The molecule has 0 amide bonds. The molecule has 0 spiro atoms. The number of hydrogen-bond donors (Lipinski definition) is 1. The summed E-state index contributed by atoms with van der Waals surface area (Å²) in [5, 5.41) is 15.0. The second-order valence-corrected chi connectivity index (χ2v) is 11.2. The van der Waals surface area contributed by atoms with Crippen molar-refractivity contribution >= 4 is 28.5 Å². The van der Waals surface area contributed by atoms with Crippen LogP contribution in [0.25, 0.3) is 10.9 Å². The van der Waals surface area contributed by atoms with Gasteiger partial charge in [0.2, 0.25) is 5.88 Å². The molecule has 1 saturated carbocycles. The summed E-state index contributed by atoms with van der Waals surface area (Å²) in [7, 11) is 1.55. The molecule has 1 aliphatic heterocycles. The summed E-state index contributed by atoms with van der Waals surface area (Å²) in [5.74, 6) is 1.32. The maximum Gasteiger partial charge on any atom is 0.434 e. The first-order chi connectivity index (χ1) is 22.0. The van der Waals surface area contributed by atoms with Gasteiger partial charge in [0.15, 0.2) is 17.5 Å². The minimum atomic E-state index is -4.57. The zero-order valence-electron chi connectivity index (χ0n) is 25.1. The molecule has 4 aromatic rings. The number of alkyl halides is 3. The molecule has 1 N–H and O–H groups in total. The molecule has 17 heteroatoms. The Labute approximate surface area is 261 Å². The number of nitro groups is 1. The van der Waals surface area contributed by atoms with E-state index in [4.69, 9.17) is 19.2 Å². The third kappa shape index (κ3) is 6.88. The highest BCUT2D eigenvalue weighted by molar-refractivity contribution is 5.87. The van der Waals surface area contributed by atoms with Gasteiger partial charge in [-0.1, -0.05) is 4.98 Å². The van der Waals surface area contributed by atoms with Crippen LogP contribution >= 0.6 is 0 Å². The van der Waals surface area contributed by atoms with Crippen molar-refractivity contribution in [3.05, 3.63) is 58.4 Å². The number of morpholine rings is 1. The van der Waals surface area contributed by atoms with Gasteiger partial charge in [-0.25, -0.2) is 9.55 Å². The Hall–Kier alpha value is -4.80. The number of halogens is 3. The molecule has 46 heavy (non-hydrogen) atoms. The van der Waals surface area contributed by atoms with Crippen molar-refractivity contribution < 1.29 is 32.3 Å². The molecule has 2 fully saturated rings. The first-order valence-corrected chi connectivity index (χ1v) is 14.8. The first-order valence-electron chi connectivity index (χ1n) is 14.8. The molecule has 14 nitrogen and oxygen atoms in total. The fourth-order valence-electron chi connectivity index (χ4n) is 5.66. The predicted molar refractivity (Wildman–Crippen MR) is 159 cm³/mol. The summed E-state index contributed by atoms with van der Waals surface area (Å²) < 4.78 is 58.7. The van der Waals surface area contributed by atoms with Gasteiger partial charge < -0.3 is 34.5 Å². The second kappa shape index (κ2) is 12.9. The monoisotopic (exact) mass is 643 g/mol. The minimum Gasteiger partial charge on any atom is -0.481 e. The summed E-state index contributed by atoms with van der Waals surface area (Å²) in [6.07, 6.45) is 2.21. The number of nitrogens with one attached hydrogen (secondary N) is 1. The van der Waals surface area contributed by atoms with Crippen LogP contribution in [-0.4, -0.2) is 72.9 Å². The Morgan fingerprint density at radius 2 is 1.83 bits per heavy atom. The van der Waals surface area contributed by atoms with E-state index in [-0.39, 0.29) is 23.9 Å². The fraction of sp³-hybridized carbons (Fsp3) is 0.483. The van der Waals surface area contributed by atoms with Crippen LogP contribution in [0.15, 0.2) is 36.9 Å². The van der Waals surface area contributed by atoms with Crippen LogP contribution in [0.3, 0.4) is 0 Å². The lowest BCUT2D eigenvalue weighted by Crippen LogP contribution is -2.37. The van der Waals surface area contributed by atoms with E-state index in [1.165, 1.54) is 17.0 Å². The summed E-state index contributed by atoms with van der Waals surface area (Å²) in [4.78, 5) is 33.5. The number of aromatic nitrogens is 6. The Balaban J connectivity index is 1.20. The van der Waals surface area contributed by atoms with Crippen LogP contribution in [0.2, 0.25) is 0 Å². The van der Waals surface area contributed by atoms with Gasteiger partial charge in [0, 0.05) is 25.2 Å². The third-order valence-corrected chi connectivity index (χ3v) is 8.06. The summed E-state index contributed by atoms with van der Waals surface area (Å²) in [6, 6.07) is 3.59. The lowest BCUT2D eigenvalue weighted by Gasteiger charge is -2.31. The Morgan fingerprint density at radius 3 is 2.52 bits per heavy atom. The molecule has 1 saturated heterocycles. The number of hydrogen-bond acceptors (Lipinski definition) is 12. The van der Waals surface area contributed by atoms with E-state index in [0.29, 0.717) is 92.2 Å². The second-order valence-electron chi connectivity index (χ2n) is 11.2. The smallest absolute Gasteiger partial charge is 0.434 e. The lowest BCUT2D eigenvalue weighted by molar-refractivity contribution is -0.396. The molecule has 244 valence electrons. The van der Waals surface area contributed by atoms with Gasteiger partial charge >= 0.3 is 12.1 Å². The highest BCUT2D eigenvalue weighted by atomic mass is 19.4. The van der Waals surface area contributed by atoms with Crippen LogP contribution in [0, 0.1) is 10.1 Å². The topological polar surface area (TPSA) is 155 Å². The van der Waals surface area contributed by atoms with E-state index >= 15 is 0 Å². The molecule has 2 aliphatic rings. The summed E-state index contributed by atoms with van der Waals surface area (Å²) in [5.41, 5.74) is 0.132. The van der Waals surface area contributed by atoms with Crippen LogP contribution in [0.4, 0.5) is 30.8 Å². The number of ether oxygens (including phenoxy) is 3. The van der Waals surface area contributed by atoms with Crippen molar-refractivity contribution in [2.24, 2.45) is 7.05 Å². The maximum absolute atomic E-state index is 13.1. The Kier molecular flexibility index (Phi) is 8.75. The van der Waals surface area contributed by atoms with Gasteiger partial charge in [0.1, 0.15) is 29.7 Å². The van der Waals surface area contributed by atoms with Crippen LogP contribution in [-0.2, 0) is 18.0 Å². The van der Waals surface area contributed by atoms with Crippen molar-refractivity contribution in [3.63, 3.8) is 0 Å². The minimum absolute atomic E-state index is 0.0821. The van der Waals surface area contributed by atoms with Crippen molar-refractivity contribution in [2.45, 2.75) is 57.0 Å². The number of pyridine rings is 2. The zero-order valence-corrected chi connectivity index (χ0v) is 25.1. The molecule has 4 aromatic heterocycles. The van der Waals surface area contributed by atoms with Crippen molar-refractivity contribution in [2.75, 3.05) is 36.5 Å². The largest absolute Gasteiger partial charge is 0.481 e. The van der Waals surface area contributed by atoms with Gasteiger partial charge in [0.25, 0.3) is 0 Å². The Morgan fingerprint density at radius 1 is 1.07 bits per heavy atom. The van der Waals surface area contributed by atoms with Gasteiger partial charge in [-0.05, 0) is 43.6 Å². The zero-order chi connectivity index (χ0) is 32.4. The SMILES string of the molecule is CC(Oc1cnc2cc(N3CCOCC3)nc(OC3CCC(Nc4cncc(C(F)(F)F)n4)CC3)c2c1)c1cnc([N+](=O)[O-])n1C. The number of anilines is 2. The number of nitrogens with zero attached hydrogens (tertiary/aromatic N) is 8. The highest BCUT2D eigenvalue weighted by Gasteiger charge is 2.33. The molecule has 1 atom stereocenters. The van der Waals surface area contributed by atoms with E-state index < -0.39 is 22.9 Å². The van der Waals surface area contributed by atoms with Crippen LogP contribution < -0.4 is 19.7 Å². The van der Waals surface area contributed by atoms with Gasteiger partial charge in [-0.15, -0.1) is 0 Å². The van der Waals surface area contributed by atoms with E-state index in [0.717, 1.165) is 0 Å². The molecule has 0 radical (unpaired) electrons. The maximum atomic E-state index is 13.1. The number of fused-ring (bicyclic) bond motifs is 1. The number of rotatable bonds is 9. The molecule has 0 aromatic carbocycles. The average Bonchev–Trinajstić information content (AvgIpc) is 3.44. The molecule has 0 bridgehead atoms. The first kappa shape index (κ1) is 31.2. The standard InChI is InChI=1S/C29H32F3N9O5/c1-17(23-14-35-28(39(23)2)41(42)43)45-20-11-21-22(34-13-20)12-26(40-7-9-44-10-8-40)38-27(21)46-19-5-3-18(4-6-19)36-25-16-33-15-24(37-25)29(30,31)32/h11-19H,3-10H2,1-2H3,(H,36,37). The molecule has 1 unspecified atom stereocenters. The Bertz CT molecular complexity index is 1710. The van der Waals surface area contributed by atoms with E-state index in [9.17, 15) is 23.3 Å². The van der Waals surface area contributed by atoms with Crippen LogP contribution in [0.1, 0.15) is 50.1 Å². The predicted octanol–water partition coefficient (Wildman–Crippen LogP) is 4.86. The van der Waals surface area contributed by atoms with Gasteiger partial charge in [-0.3, -0.25) is 9.97 Å². The average molecular weight is 644 g/mol. The van der Waals surface area contributed by atoms with E-state index in [2.05, 4.69) is 30.2 Å². The lowest BCUT2D eigenvalue weighted by atomic mass is 9.93. The van der Waals surface area contributed by atoms with Crippen LogP contribution in [0.5, 0.6) is 11.6 Å². The van der Waals surface area contributed by atoms with Crippen molar-refractivity contribution in [3.8, 4) is 11.6 Å². The number of imidazole rings is 1. The van der Waals surface area contributed by atoms with Gasteiger partial charge in [-0.2, -0.15) is 18.2 Å².